The van der Waals surface area contributed by atoms with Crippen LogP contribution in [-0.4, -0.2) is 29.6 Å². The highest BCUT2D eigenvalue weighted by molar-refractivity contribution is 6.22. The minimum absolute atomic E-state index is 0.0778. The van der Waals surface area contributed by atoms with Crippen molar-refractivity contribution in [2.75, 3.05) is 12.1 Å². The van der Waals surface area contributed by atoms with E-state index in [1.54, 1.807) is 36.4 Å². The predicted octanol–water partition coefficient (Wildman–Crippen LogP) is 3.39. The van der Waals surface area contributed by atoms with E-state index in [2.05, 4.69) is 5.10 Å². The number of anilines is 1. The van der Waals surface area contributed by atoms with E-state index in [1.165, 1.54) is 12.1 Å². The maximum absolute atomic E-state index is 13.0. The van der Waals surface area contributed by atoms with Crippen molar-refractivity contribution in [1.82, 2.24) is 0 Å². The average molecular weight is 422 g/mol. The van der Waals surface area contributed by atoms with Crippen LogP contribution >= 0.6 is 0 Å². The number of aliphatic hydroxyl groups is 1. The third-order valence-corrected chi connectivity index (χ3v) is 4.15. The second kappa shape index (κ2) is 10.5. The standard InChI is InChI=1S/C21H12F2N4O2.CH4O/c22-20(23)15-9-13(11-24)8-14(10-15)19(28)7-6-17-18(12-25)26-27(21(17)29)16-4-2-1-3-5-16;1-2/h1-10,17,20H;2H,1H3. The monoisotopic (exact) mass is 422 g/mol. The Morgan fingerprint density at radius 1 is 1.16 bits per heavy atom. The van der Waals surface area contributed by atoms with Crippen LogP contribution in [0.1, 0.15) is 27.9 Å². The molecule has 0 saturated heterocycles. The number of carbonyl (C=O) groups is 2. The molecule has 7 nitrogen and oxygen atoms in total. The van der Waals surface area contributed by atoms with Gasteiger partial charge in [0.25, 0.3) is 12.3 Å². The minimum atomic E-state index is -2.84. The summed E-state index contributed by atoms with van der Waals surface area (Å²) in [5.74, 6) is -2.26. The van der Waals surface area contributed by atoms with Crippen molar-refractivity contribution in [2.45, 2.75) is 6.43 Å². The molecule has 2 aromatic rings. The molecule has 0 saturated carbocycles. The van der Waals surface area contributed by atoms with E-state index < -0.39 is 29.6 Å². The molecular weight excluding hydrogens is 406 g/mol. The average Bonchev–Trinajstić information content (AvgIpc) is 3.14. The quantitative estimate of drug-likeness (QED) is 0.585. The molecule has 0 fully saturated rings. The van der Waals surface area contributed by atoms with Gasteiger partial charge in [0.05, 0.1) is 17.3 Å². The van der Waals surface area contributed by atoms with Crippen LogP contribution in [0.2, 0.25) is 0 Å². The van der Waals surface area contributed by atoms with Gasteiger partial charge in [-0.05, 0) is 36.4 Å². The fourth-order valence-corrected chi connectivity index (χ4v) is 2.75. The molecule has 1 heterocycles. The van der Waals surface area contributed by atoms with Crippen molar-refractivity contribution in [3.8, 4) is 12.1 Å². The summed E-state index contributed by atoms with van der Waals surface area (Å²) >= 11 is 0. The number of halogens is 2. The molecule has 0 bridgehead atoms. The van der Waals surface area contributed by atoms with Gasteiger partial charge in [-0.3, -0.25) is 9.59 Å². The molecule has 0 spiro atoms. The summed E-state index contributed by atoms with van der Waals surface area (Å²) < 4.78 is 25.9. The van der Waals surface area contributed by atoms with Crippen LogP contribution in [0, 0.1) is 28.6 Å². The Bertz CT molecular complexity index is 1120. The van der Waals surface area contributed by atoms with Gasteiger partial charge < -0.3 is 5.11 Å². The van der Waals surface area contributed by atoms with E-state index in [1.807, 2.05) is 6.07 Å². The molecule has 0 radical (unpaired) electrons. The molecule has 31 heavy (non-hydrogen) atoms. The Balaban J connectivity index is 0.00000166. The van der Waals surface area contributed by atoms with E-state index in [0.717, 1.165) is 30.3 Å². The van der Waals surface area contributed by atoms with Gasteiger partial charge in [0.15, 0.2) is 11.5 Å². The highest BCUT2D eigenvalue weighted by Crippen LogP contribution is 2.25. The van der Waals surface area contributed by atoms with E-state index >= 15 is 0 Å². The number of allylic oxidation sites excluding steroid dienone is 1. The number of benzene rings is 2. The van der Waals surface area contributed by atoms with Crippen LogP contribution in [-0.2, 0) is 4.79 Å². The van der Waals surface area contributed by atoms with Crippen molar-refractivity contribution in [3.05, 3.63) is 77.4 Å². The second-order valence-electron chi connectivity index (χ2n) is 6.04. The number of nitriles is 2. The molecule has 0 aromatic heterocycles. The lowest BCUT2D eigenvalue weighted by Gasteiger charge is -2.12. The van der Waals surface area contributed by atoms with E-state index in [0.29, 0.717) is 5.69 Å². The van der Waals surface area contributed by atoms with Gasteiger partial charge in [0.1, 0.15) is 12.0 Å². The molecular formula is C22H16F2N4O3. The lowest BCUT2D eigenvalue weighted by molar-refractivity contribution is -0.118. The molecule has 3 rings (SSSR count). The maximum atomic E-state index is 13.0. The molecule has 9 heteroatoms. The SMILES string of the molecule is CO.N#CC1=NN(c2ccccc2)C(=O)C1C=CC(=O)c1cc(C#N)cc(C(F)F)c1. The normalized spacial score (nSPS) is 15.2. The molecule has 1 atom stereocenters. The number of hydrogen-bond donors (Lipinski definition) is 1. The molecule has 2 aromatic carbocycles. The molecule has 1 amide bonds. The van der Waals surface area contributed by atoms with Crippen LogP contribution in [0.15, 0.2) is 65.8 Å². The zero-order valence-corrected chi connectivity index (χ0v) is 16.2. The summed E-state index contributed by atoms with van der Waals surface area (Å²) in [6.07, 6.45) is -0.612. The smallest absolute Gasteiger partial charge is 0.263 e. The first-order chi connectivity index (χ1) is 14.9. The number of ketones is 1. The van der Waals surface area contributed by atoms with E-state index in [-0.39, 0.29) is 16.8 Å². The summed E-state index contributed by atoms with van der Waals surface area (Å²) in [6, 6.07) is 15.2. The fourth-order valence-electron chi connectivity index (χ4n) is 2.75. The van der Waals surface area contributed by atoms with Crippen LogP contribution in [0.25, 0.3) is 0 Å². The number of alkyl halides is 2. The molecule has 0 aliphatic carbocycles. The summed E-state index contributed by atoms with van der Waals surface area (Å²) in [5.41, 5.74) is -0.271. The molecule has 156 valence electrons. The molecule has 1 N–H and O–H groups in total. The third kappa shape index (κ3) is 5.24. The summed E-state index contributed by atoms with van der Waals surface area (Å²) in [5, 5.41) is 30.3. The summed E-state index contributed by atoms with van der Waals surface area (Å²) in [4.78, 5) is 25.0. The van der Waals surface area contributed by atoms with Crippen LogP contribution in [0.4, 0.5) is 14.5 Å². The van der Waals surface area contributed by atoms with Gasteiger partial charge in [-0.2, -0.15) is 20.6 Å². The van der Waals surface area contributed by atoms with Gasteiger partial charge in [-0.15, -0.1) is 0 Å². The zero-order valence-electron chi connectivity index (χ0n) is 16.2. The van der Waals surface area contributed by atoms with Crippen LogP contribution < -0.4 is 5.01 Å². The van der Waals surface area contributed by atoms with Crippen molar-refractivity contribution >= 4 is 23.1 Å². The zero-order chi connectivity index (χ0) is 23.0. The van der Waals surface area contributed by atoms with Gasteiger partial charge >= 0.3 is 0 Å². The number of hydrazone groups is 1. The number of amides is 1. The Morgan fingerprint density at radius 2 is 1.84 bits per heavy atom. The van der Waals surface area contributed by atoms with Gasteiger partial charge in [-0.25, -0.2) is 8.78 Å². The number of nitrogens with zero attached hydrogens (tertiary/aromatic N) is 4. The van der Waals surface area contributed by atoms with Gasteiger partial charge in [-0.1, -0.05) is 24.3 Å². The topological polar surface area (TPSA) is 118 Å². The first-order valence-corrected chi connectivity index (χ1v) is 8.82. The summed E-state index contributed by atoms with van der Waals surface area (Å²) in [7, 11) is 1.00. The lowest BCUT2D eigenvalue weighted by Crippen LogP contribution is -2.26. The number of aliphatic hydroxyl groups excluding tert-OH is 1. The van der Waals surface area contributed by atoms with E-state index in [9.17, 15) is 23.6 Å². The number of carbonyl (C=O) groups excluding carboxylic acids is 2. The highest BCUT2D eigenvalue weighted by Gasteiger charge is 2.35. The van der Waals surface area contributed by atoms with E-state index in [4.69, 9.17) is 10.4 Å². The Kier molecular flexibility index (Phi) is 7.84. The first kappa shape index (κ1) is 23.1. The number of rotatable bonds is 5. The molecule has 1 aliphatic heterocycles. The second-order valence-corrected chi connectivity index (χ2v) is 6.04. The first-order valence-electron chi connectivity index (χ1n) is 8.82. The molecule has 1 unspecified atom stereocenters. The van der Waals surface area contributed by atoms with Crippen molar-refractivity contribution in [2.24, 2.45) is 11.0 Å². The number of para-hydroxylation sites is 1. The van der Waals surface area contributed by atoms with Gasteiger partial charge in [0, 0.05) is 18.2 Å². The summed E-state index contributed by atoms with van der Waals surface area (Å²) in [6.45, 7) is 0. The highest BCUT2D eigenvalue weighted by atomic mass is 19.3. The lowest BCUT2D eigenvalue weighted by atomic mass is 9.99. The van der Waals surface area contributed by atoms with Crippen LogP contribution in [0.5, 0.6) is 0 Å². The predicted molar refractivity (Wildman–Crippen MR) is 108 cm³/mol. The molecule has 1 aliphatic rings. The number of hydrogen-bond acceptors (Lipinski definition) is 6. The van der Waals surface area contributed by atoms with Crippen LogP contribution in [0.3, 0.4) is 0 Å². The van der Waals surface area contributed by atoms with Gasteiger partial charge in [0.2, 0.25) is 0 Å². The fraction of sp³-hybridized carbons (Fsp3) is 0.136. The Hall–Kier alpha value is -4.21. The van der Waals surface area contributed by atoms with Crippen molar-refractivity contribution in [1.29, 1.82) is 10.5 Å². The maximum Gasteiger partial charge on any atom is 0.263 e. The third-order valence-electron chi connectivity index (χ3n) is 4.15. The Labute approximate surface area is 176 Å². The van der Waals surface area contributed by atoms with Crippen molar-refractivity contribution in [3.63, 3.8) is 0 Å². The Morgan fingerprint density at radius 3 is 2.42 bits per heavy atom. The van der Waals surface area contributed by atoms with Crippen molar-refractivity contribution < 1.29 is 23.5 Å². The largest absolute Gasteiger partial charge is 0.400 e. The minimum Gasteiger partial charge on any atom is -0.400 e.